The molecule has 0 radical (unpaired) electrons. The van der Waals surface area contributed by atoms with Crippen LogP contribution in [0.3, 0.4) is 0 Å². The molecule has 5 rings (SSSR count). The van der Waals surface area contributed by atoms with Gasteiger partial charge in [0.1, 0.15) is 5.52 Å². The van der Waals surface area contributed by atoms with E-state index in [1.54, 1.807) is 53.4 Å². The van der Waals surface area contributed by atoms with Gasteiger partial charge in [-0.25, -0.2) is 4.98 Å². The highest BCUT2D eigenvalue weighted by atomic mass is 35.5. The van der Waals surface area contributed by atoms with Crippen molar-refractivity contribution in [2.45, 2.75) is 18.7 Å². The number of rotatable bonds is 6. The predicted octanol–water partition coefficient (Wildman–Crippen LogP) is 7.64. The van der Waals surface area contributed by atoms with Gasteiger partial charge in [-0.05, 0) is 74.0 Å². The number of aromatic nitrogens is 2. The van der Waals surface area contributed by atoms with Crippen LogP contribution in [0.15, 0.2) is 77.7 Å². The smallest absolute Gasteiger partial charge is 0.294 e. The molecule has 14 heteroatoms. The zero-order chi connectivity index (χ0) is 33.1. The molecule has 0 aliphatic carbocycles. The van der Waals surface area contributed by atoms with Gasteiger partial charge >= 0.3 is 0 Å². The highest BCUT2D eigenvalue weighted by Gasteiger charge is 2.19. The van der Waals surface area contributed by atoms with E-state index in [0.29, 0.717) is 38.4 Å². The number of halogens is 3. The van der Waals surface area contributed by atoms with Gasteiger partial charge in [-0.2, -0.15) is 8.42 Å². The van der Waals surface area contributed by atoms with Gasteiger partial charge in [-0.15, -0.1) is 0 Å². The summed E-state index contributed by atoms with van der Waals surface area (Å²) >= 11 is 18.4. The van der Waals surface area contributed by atoms with Gasteiger partial charge < -0.3 is 20.5 Å². The van der Waals surface area contributed by atoms with Crippen molar-refractivity contribution in [3.8, 4) is 0 Å². The Balaban J connectivity index is 0.000000354. The number of hydrogen-bond acceptors (Lipinski definition) is 6. The molecule has 5 aromatic rings. The van der Waals surface area contributed by atoms with E-state index in [1.807, 2.05) is 34.0 Å². The third-order valence-electron chi connectivity index (χ3n) is 6.42. The average molecular weight is 689 g/mol. The van der Waals surface area contributed by atoms with Gasteiger partial charge in [0.25, 0.3) is 21.9 Å². The summed E-state index contributed by atoms with van der Waals surface area (Å²) in [5, 5.41) is 6.81. The van der Waals surface area contributed by atoms with E-state index in [9.17, 15) is 18.0 Å². The van der Waals surface area contributed by atoms with E-state index in [1.165, 1.54) is 18.2 Å². The minimum absolute atomic E-state index is 0.0666. The van der Waals surface area contributed by atoms with Crippen LogP contribution in [0.25, 0.3) is 11.0 Å². The Morgan fingerprint density at radius 3 is 2.07 bits per heavy atom. The summed E-state index contributed by atoms with van der Waals surface area (Å²) in [7, 11) is -0.362. The number of anilines is 3. The lowest BCUT2D eigenvalue weighted by molar-refractivity contribution is 0.101. The van der Waals surface area contributed by atoms with E-state index in [-0.39, 0.29) is 21.0 Å². The first kappa shape index (κ1) is 33.8. The van der Waals surface area contributed by atoms with Gasteiger partial charge in [0.2, 0.25) is 5.95 Å². The zero-order valence-corrected chi connectivity index (χ0v) is 27.5. The molecule has 45 heavy (non-hydrogen) atoms. The fourth-order valence-corrected chi connectivity index (χ4v) is 5.05. The molecule has 0 atom stereocenters. The van der Waals surface area contributed by atoms with E-state index >= 15 is 0 Å². The first-order valence-electron chi connectivity index (χ1n) is 13.2. The summed E-state index contributed by atoms with van der Waals surface area (Å²) in [5.74, 6) is -0.307. The second kappa shape index (κ2) is 13.9. The number of fused-ring (bicyclic) bond motifs is 1. The Bertz CT molecular complexity index is 2010. The number of aryl methyl sites for hydroxylation is 2. The minimum Gasteiger partial charge on any atom is -0.349 e. The topological polar surface area (TPSA) is 144 Å². The molecule has 0 saturated carbocycles. The number of nitrogens with one attached hydrogen (secondary N) is 3. The molecular formula is C31H28Cl3N5O5S. The molecule has 2 amide bonds. The second-order valence-corrected chi connectivity index (χ2v) is 12.8. The number of aromatic amines is 1. The predicted molar refractivity (Wildman–Crippen MR) is 180 cm³/mol. The van der Waals surface area contributed by atoms with Crippen molar-refractivity contribution < 1.29 is 22.6 Å². The van der Waals surface area contributed by atoms with Crippen molar-refractivity contribution >= 4 is 85.1 Å². The Hall–Kier alpha value is -4.13. The molecule has 234 valence electrons. The molecule has 1 aromatic heterocycles. The van der Waals surface area contributed by atoms with Gasteiger partial charge in [-0.1, -0.05) is 58.6 Å². The Morgan fingerprint density at radius 1 is 0.800 bits per heavy atom. The maximum absolute atomic E-state index is 13.2. The van der Waals surface area contributed by atoms with Crippen molar-refractivity contribution in [3.63, 3.8) is 0 Å². The molecule has 10 nitrogen and oxygen atoms in total. The lowest BCUT2D eigenvalue weighted by atomic mass is 10.1. The van der Waals surface area contributed by atoms with E-state index < -0.39 is 21.9 Å². The molecule has 0 bridgehead atoms. The SMILES string of the molecule is Cc1ccc(NC(=O)c2cc(NC(=O)c3cc(Cl)ccc3Cl)cc3[nH]c(N(C)C)nc23)cc1Cl.Cc1ccc(S(=O)(=O)O)cc1. The average Bonchev–Trinajstić information content (AvgIpc) is 3.40. The normalized spacial score (nSPS) is 11.0. The van der Waals surface area contributed by atoms with Crippen LogP contribution in [0, 0.1) is 13.8 Å². The number of carbonyl (C=O) groups is 2. The quantitative estimate of drug-likeness (QED) is 0.134. The van der Waals surface area contributed by atoms with Crippen LogP contribution in [0.4, 0.5) is 17.3 Å². The number of imidazole rings is 1. The molecule has 0 aliphatic rings. The maximum atomic E-state index is 13.2. The monoisotopic (exact) mass is 687 g/mol. The second-order valence-electron chi connectivity index (χ2n) is 10.2. The van der Waals surface area contributed by atoms with Crippen LogP contribution in [0.2, 0.25) is 15.1 Å². The van der Waals surface area contributed by atoms with Crippen molar-refractivity contribution in [1.29, 1.82) is 0 Å². The number of hydrogen-bond donors (Lipinski definition) is 4. The maximum Gasteiger partial charge on any atom is 0.294 e. The van der Waals surface area contributed by atoms with Crippen LogP contribution in [0.1, 0.15) is 31.8 Å². The molecule has 0 aliphatic heterocycles. The summed E-state index contributed by atoms with van der Waals surface area (Å²) in [6.07, 6.45) is 0. The van der Waals surface area contributed by atoms with Gasteiger partial charge in [0, 0.05) is 35.5 Å². The first-order chi connectivity index (χ1) is 21.1. The van der Waals surface area contributed by atoms with Crippen LogP contribution in [-0.4, -0.2) is 48.8 Å². The van der Waals surface area contributed by atoms with Crippen LogP contribution in [-0.2, 0) is 10.1 Å². The van der Waals surface area contributed by atoms with Crippen LogP contribution in [0.5, 0.6) is 0 Å². The summed E-state index contributed by atoms with van der Waals surface area (Å²) < 4.78 is 29.6. The number of nitrogens with zero attached hydrogens (tertiary/aromatic N) is 2. The van der Waals surface area contributed by atoms with Crippen LogP contribution < -0.4 is 15.5 Å². The number of carbonyl (C=O) groups excluding carboxylic acids is 2. The Morgan fingerprint density at radius 2 is 1.44 bits per heavy atom. The van der Waals surface area contributed by atoms with Crippen molar-refractivity contribution in [2.75, 3.05) is 29.6 Å². The Labute approximate surface area is 275 Å². The summed E-state index contributed by atoms with van der Waals surface area (Å²) in [5.41, 5.74) is 4.29. The molecule has 0 saturated heterocycles. The molecule has 0 spiro atoms. The fraction of sp³-hybridized carbons (Fsp3) is 0.129. The van der Waals surface area contributed by atoms with E-state index in [2.05, 4.69) is 20.6 Å². The van der Waals surface area contributed by atoms with Crippen LogP contribution >= 0.6 is 34.8 Å². The van der Waals surface area contributed by atoms with Gasteiger partial charge in [0.15, 0.2) is 0 Å². The van der Waals surface area contributed by atoms with Crippen molar-refractivity contribution in [1.82, 2.24) is 9.97 Å². The molecule has 4 aromatic carbocycles. The summed E-state index contributed by atoms with van der Waals surface area (Å²) in [6.45, 7) is 3.72. The van der Waals surface area contributed by atoms with Crippen molar-refractivity contribution in [3.05, 3.63) is 110 Å². The van der Waals surface area contributed by atoms with E-state index in [0.717, 1.165) is 11.1 Å². The third kappa shape index (κ3) is 8.53. The fourth-order valence-electron chi connectivity index (χ4n) is 4.01. The number of H-pyrrole nitrogens is 1. The Kier molecular flexibility index (Phi) is 10.4. The molecule has 4 N–H and O–H groups in total. The lowest BCUT2D eigenvalue weighted by Crippen LogP contribution is -2.15. The molecule has 0 unspecified atom stereocenters. The standard InChI is InChI=1S/C24H20Cl3N5O2.C7H8O3S/c1-12-4-6-14(10-19(12)27)28-23(34)17-9-15(11-20-21(17)31-24(30-20)32(2)3)29-22(33)16-8-13(25)5-7-18(16)26;1-6-2-4-7(5-3-6)11(8,9)10/h4-11H,1-3H3,(H,28,34)(H,29,33)(H,30,31);2-5H,1H3,(H,8,9,10). The van der Waals surface area contributed by atoms with Gasteiger partial charge in [0.05, 0.1) is 26.6 Å². The largest absolute Gasteiger partial charge is 0.349 e. The lowest BCUT2D eigenvalue weighted by Gasteiger charge is -2.11. The molecule has 1 heterocycles. The highest BCUT2D eigenvalue weighted by Crippen LogP contribution is 2.28. The van der Waals surface area contributed by atoms with Crippen molar-refractivity contribution in [2.24, 2.45) is 0 Å². The van der Waals surface area contributed by atoms with Gasteiger partial charge in [-0.3, -0.25) is 14.1 Å². The number of benzene rings is 4. The molecular weight excluding hydrogens is 661 g/mol. The molecule has 0 fully saturated rings. The zero-order valence-electron chi connectivity index (χ0n) is 24.4. The minimum atomic E-state index is -4.02. The summed E-state index contributed by atoms with van der Waals surface area (Å²) in [4.78, 5) is 35.5. The third-order valence-corrected chi connectivity index (χ3v) is 8.26. The van der Waals surface area contributed by atoms with E-state index in [4.69, 9.17) is 39.4 Å². The number of amides is 2. The first-order valence-corrected chi connectivity index (χ1v) is 15.8. The highest BCUT2D eigenvalue weighted by molar-refractivity contribution is 7.85. The summed E-state index contributed by atoms with van der Waals surface area (Å²) in [6, 6.07) is 19.1.